The standard InChI is InChI=1S/C13H19NO2/c1-13(2,16-3)11(9-12(14)15)10-7-5-4-6-8-10/h4-8,11H,9H2,1-3H3,(H2,14,15)/t11-/m0/s1. The molecule has 0 saturated carbocycles. The summed E-state index contributed by atoms with van der Waals surface area (Å²) in [5, 5.41) is 0. The molecule has 0 aliphatic carbocycles. The highest BCUT2D eigenvalue weighted by Crippen LogP contribution is 2.33. The van der Waals surface area contributed by atoms with Gasteiger partial charge in [-0.25, -0.2) is 0 Å². The fraction of sp³-hybridized carbons (Fsp3) is 0.462. The molecule has 3 heteroatoms. The molecule has 1 atom stereocenters. The molecule has 0 fully saturated rings. The molecule has 0 unspecified atom stereocenters. The third-order valence-electron chi connectivity index (χ3n) is 2.97. The van der Waals surface area contributed by atoms with Crippen molar-refractivity contribution in [2.24, 2.45) is 5.73 Å². The van der Waals surface area contributed by atoms with Crippen LogP contribution in [0.2, 0.25) is 0 Å². The molecule has 0 aliphatic heterocycles. The lowest BCUT2D eigenvalue weighted by Gasteiger charge is -2.32. The molecule has 0 saturated heterocycles. The van der Waals surface area contributed by atoms with Gasteiger partial charge in [0.1, 0.15) is 0 Å². The SMILES string of the molecule is COC(C)(C)[C@@H](CC(N)=O)c1ccccc1. The van der Waals surface area contributed by atoms with Gasteiger partial charge in [0, 0.05) is 19.4 Å². The molecule has 2 N–H and O–H groups in total. The fourth-order valence-corrected chi connectivity index (χ4v) is 1.79. The largest absolute Gasteiger partial charge is 0.378 e. The number of rotatable bonds is 5. The highest BCUT2D eigenvalue weighted by Gasteiger charge is 2.31. The molecule has 0 aromatic heterocycles. The number of hydrogen-bond acceptors (Lipinski definition) is 2. The first-order valence-electron chi connectivity index (χ1n) is 5.36. The summed E-state index contributed by atoms with van der Waals surface area (Å²) in [5.74, 6) is -0.324. The molecular weight excluding hydrogens is 202 g/mol. The lowest BCUT2D eigenvalue weighted by Crippen LogP contribution is -2.34. The second-order valence-electron chi connectivity index (χ2n) is 4.44. The summed E-state index contributed by atoms with van der Waals surface area (Å²) in [6.45, 7) is 3.93. The number of nitrogens with two attached hydrogens (primary N) is 1. The number of carbonyl (C=O) groups excluding carboxylic acids is 1. The summed E-state index contributed by atoms with van der Waals surface area (Å²) in [5.41, 5.74) is 5.96. The Labute approximate surface area is 96.6 Å². The minimum Gasteiger partial charge on any atom is -0.378 e. The van der Waals surface area contributed by atoms with Crippen molar-refractivity contribution in [3.05, 3.63) is 35.9 Å². The normalized spacial score (nSPS) is 13.4. The van der Waals surface area contributed by atoms with Crippen LogP contribution in [0.15, 0.2) is 30.3 Å². The van der Waals surface area contributed by atoms with Crippen LogP contribution in [0.25, 0.3) is 0 Å². The van der Waals surface area contributed by atoms with Crippen LogP contribution in [0.5, 0.6) is 0 Å². The summed E-state index contributed by atoms with van der Waals surface area (Å²) < 4.78 is 5.45. The molecule has 1 aromatic carbocycles. The van der Waals surface area contributed by atoms with Crippen molar-refractivity contribution in [1.82, 2.24) is 0 Å². The minimum atomic E-state index is -0.406. The van der Waals surface area contributed by atoms with E-state index in [0.29, 0.717) is 6.42 Å². The summed E-state index contributed by atoms with van der Waals surface area (Å²) in [7, 11) is 1.65. The fourth-order valence-electron chi connectivity index (χ4n) is 1.79. The van der Waals surface area contributed by atoms with Crippen LogP contribution in [0.3, 0.4) is 0 Å². The third kappa shape index (κ3) is 3.07. The van der Waals surface area contributed by atoms with Gasteiger partial charge in [0.2, 0.25) is 5.91 Å². The van der Waals surface area contributed by atoms with Gasteiger partial charge >= 0.3 is 0 Å². The van der Waals surface area contributed by atoms with E-state index < -0.39 is 5.60 Å². The van der Waals surface area contributed by atoms with Crippen LogP contribution >= 0.6 is 0 Å². The molecule has 0 heterocycles. The van der Waals surface area contributed by atoms with Crippen LogP contribution in [0.4, 0.5) is 0 Å². The molecule has 0 radical (unpaired) electrons. The second kappa shape index (κ2) is 5.12. The van der Waals surface area contributed by atoms with Crippen LogP contribution in [0.1, 0.15) is 31.7 Å². The Balaban J connectivity index is 3.01. The van der Waals surface area contributed by atoms with Gasteiger partial charge in [-0.15, -0.1) is 0 Å². The van der Waals surface area contributed by atoms with Crippen molar-refractivity contribution in [3.63, 3.8) is 0 Å². The van der Waals surface area contributed by atoms with Crippen molar-refractivity contribution in [2.75, 3.05) is 7.11 Å². The summed E-state index contributed by atoms with van der Waals surface area (Å²) in [4.78, 5) is 11.1. The first-order valence-corrected chi connectivity index (χ1v) is 5.36. The molecule has 88 valence electrons. The predicted molar refractivity (Wildman–Crippen MR) is 64.1 cm³/mol. The van der Waals surface area contributed by atoms with E-state index >= 15 is 0 Å². The monoisotopic (exact) mass is 221 g/mol. The first-order chi connectivity index (χ1) is 7.47. The Hall–Kier alpha value is -1.35. The van der Waals surface area contributed by atoms with Gasteiger partial charge < -0.3 is 10.5 Å². The van der Waals surface area contributed by atoms with Crippen molar-refractivity contribution < 1.29 is 9.53 Å². The smallest absolute Gasteiger partial charge is 0.218 e. The van der Waals surface area contributed by atoms with E-state index in [2.05, 4.69) is 0 Å². The van der Waals surface area contributed by atoms with E-state index in [1.54, 1.807) is 7.11 Å². The van der Waals surface area contributed by atoms with Crippen molar-refractivity contribution in [3.8, 4) is 0 Å². The summed E-state index contributed by atoms with van der Waals surface area (Å²) >= 11 is 0. The first kappa shape index (κ1) is 12.7. The summed E-state index contributed by atoms with van der Waals surface area (Å²) in [6.07, 6.45) is 0.296. The number of amides is 1. The van der Waals surface area contributed by atoms with E-state index in [0.717, 1.165) is 5.56 Å². The highest BCUT2D eigenvalue weighted by atomic mass is 16.5. The molecule has 0 aliphatic rings. The maximum atomic E-state index is 11.1. The predicted octanol–water partition coefficient (Wildman–Crippen LogP) is 2.07. The van der Waals surface area contributed by atoms with Gasteiger partial charge in [-0.05, 0) is 19.4 Å². The van der Waals surface area contributed by atoms with Gasteiger partial charge in [0.25, 0.3) is 0 Å². The topological polar surface area (TPSA) is 52.3 Å². The molecule has 3 nitrogen and oxygen atoms in total. The molecule has 0 spiro atoms. The van der Waals surface area contributed by atoms with Crippen LogP contribution in [0, 0.1) is 0 Å². The van der Waals surface area contributed by atoms with E-state index in [9.17, 15) is 4.79 Å². The minimum absolute atomic E-state index is 0.0174. The Morgan fingerprint density at radius 1 is 1.38 bits per heavy atom. The van der Waals surface area contributed by atoms with Crippen molar-refractivity contribution in [2.45, 2.75) is 31.8 Å². The average molecular weight is 221 g/mol. The summed E-state index contributed by atoms with van der Waals surface area (Å²) in [6, 6.07) is 9.84. The Morgan fingerprint density at radius 3 is 2.38 bits per heavy atom. The van der Waals surface area contributed by atoms with Gasteiger partial charge in [0.15, 0.2) is 0 Å². The van der Waals surface area contributed by atoms with E-state index in [-0.39, 0.29) is 11.8 Å². The lowest BCUT2D eigenvalue weighted by molar-refractivity contribution is -0.120. The van der Waals surface area contributed by atoms with E-state index in [4.69, 9.17) is 10.5 Å². The zero-order valence-corrected chi connectivity index (χ0v) is 10.1. The molecular formula is C13H19NO2. The Morgan fingerprint density at radius 2 is 1.94 bits per heavy atom. The quantitative estimate of drug-likeness (QED) is 0.827. The number of ether oxygens (including phenoxy) is 1. The maximum absolute atomic E-state index is 11.1. The lowest BCUT2D eigenvalue weighted by atomic mass is 9.82. The molecule has 16 heavy (non-hydrogen) atoms. The zero-order valence-electron chi connectivity index (χ0n) is 10.1. The van der Waals surface area contributed by atoms with Gasteiger partial charge in [-0.1, -0.05) is 30.3 Å². The molecule has 0 bridgehead atoms. The number of hydrogen-bond donors (Lipinski definition) is 1. The van der Waals surface area contributed by atoms with Crippen LogP contribution < -0.4 is 5.73 Å². The maximum Gasteiger partial charge on any atom is 0.218 e. The Kier molecular flexibility index (Phi) is 4.07. The third-order valence-corrected chi connectivity index (χ3v) is 2.97. The van der Waals surface area contributed by atoms with Crippen LogP contribution in [-0.2, 0) is 9.53 Å². The number of primary amides is 1. The Bertz CT molecular complexity index is 346. The number of carbonyl (C=O) groups is 1. The van der Waals surface area contributed by atoms with Gasteiger partial charge in [-0.3, -0.25) is 4.79 Å². The molecule has 1 rings (SSSR count). The average Bonchev–Trinajstić information content (AvgIpc) is 2.27. The van der Waals surface area contributed by atoms with Crippen LogP contribution in [-0.4, -0.2) is 18.6 Å². The van der Waals surface area contributed by atoms with Gasteiger partial charge in [0.05, 0.1) is 5.60 Å². The van der Waals surface area contributed by atoms with Crippen molar-refractivity contribution >= 4 is 5.91 Å². The van der Waals surface area contributed by atoms with E-state index in [1.807, 2.05) is 44.2 Å². The van der Waals surface area contributed by atoms with Gasteiger partial charge in [-0.2, -0.15) is 0 Å². The molecule has 1 amide bonds. The number of methoxy groups -OCH3 is 1. The zero-order chi connectivity index (χ0) is 12.2. The molecule has 1 aromatic rings. The number of benzene rings is 1. The highest BCUT2D eigenvalue weighted by molar-refractivity contribution is 5.75. The van der Waals surface area contributed by atoms with Crippen molar-refractivity contribution in [1.29, 1.82) is 0 Å². The van der Waals surface area contributed by atoms with E-state index in [1.165, 1.54) is 0 Å². The second-order valence-corrected chi connectivity index (χ2v) is 4.44.